The van der Waals surface area contributed by atoms with Crippen LogP contribution in [0.2, 0.25) is 0 Å². The van der Waals surface area contributed by atoms with E-state index in [4.69, 9.17) is 5.10 Å². The lowest BCUT2D eigenvalue weighted by atomic mass is 9.78. The van der Waals surface area contributed by atoms with Gasteiger partial charge in [-0.15, -0.1) is 0 Å². The third-order valence-corrected chi connectivity index (χ3v) is 5.98. The van der Waals surface area contributed by atoms with Gasteiger partial charge in [0.05, 0.1) is 11.7 Å². The molecule has 0 bridgehead atoms. The van der Waals surface area contributed by atoms with Crippen molar-refractivity contribution in [2.75, 3.05) is 5.32 Å². The fourth-order valence-electron chi connectivity index (χ4n) is 3.54. The minimum atomic E-state index is -2.50. The summed E-state index contributed by atoms with van der Waals surface area (Å²) in [5, 5.41) is 7.78. The van der Waals surface area contributed by atoms with Crippen LogP contribution >= 0.6 is 0 Å². The topological polar surface area (TPSA) is 46.9 Å². The first-order valence-corrected chi connectivity index (χ1v) is 9.44. The number of anilines is 1. The number of halogens is 2. The van der Waals surface area contributed by atoms with Crippen molar-refractivity contribution in [2.45, 2.75) is 78.2 Å². The van der Waals surface area contributed by atoms with Crippen LogP contribution in [0, 0.1) is 24.7 Å². The molecule has 1 amide bonds. The van der Waals surface area contributed by atoms with Gasteiger partial charge in [0, 0.05) is 24.3 Å². The third kappa shape index (κ3) is 3.72. The van der Waals surface area contributed by atoms with E-state index in [1.165, 1.54) is 6.42 Å². The van der Waals surface area contributed by atoms with E-state index in [9.17, 15) is 13.6 Å². The number of hydrogen-bond acceptors (Lipinski definition) is 2. The highest BCUT2D eigenvalue weighted by atomic mass is 19.3. The van der Waals surface area contributed by atoms with Crippen LogP contribution in [0.4, 0.5) is 14.6 Å². The number of nitrogens with one attached hydrogen (secondary N) is 1. The molecule has 0 aromatic carbocycles. The number of rotatable bonds is 6. The molecule has 0 aliphatic heterocycles. The zero-order chi connectivity index (χ0) is 18.4. The molecule has 0 radical (unpaired) electrons. The molecule has 1 atom stereocenters. The Morgan fingerprint density at radius 1 is 1.32 bits per heavy atom. The van der Waals surface area contributed by atoms with Crippen LogP contribution in [-0.4, -0.2) is 21.6 Å². The summed E-state index contributed by atoms with van der Waals surface area (Å²) in [4.78, 5) is 12.5. The van der Waals surface area contributed by atoms with Crippen molar-refractivity contribution in [3.8, 4) is 0 Å². The Morgan fingerprint density at radius 3 is 2.44 bits per heavy atom. The molecule has 2 fully saturated rings. The molecule has 2 saturated carbocycles. The first-order valence-electron chi connectivity index (χ1n) is 9.44. The molecule has 0 spiro atoms. The largest absolute Gasteiger partial charge is 0.310 e. The molecule has 1 N–H and O–H groups in total. The molecule has 25 heavy (non-hydrogen) atoms. The van der Waals surface area contributed by atoms with E-state index in [0.717, 1.165) is 29.9 Å². The molecule has 140 valence electrons. The van der Waals surface area contributed by atoms with Crippen LogP contribution in [0.15, 0.2) is 0 Å². The number of nitrogens with zero attached hydrogens (tertiary/aromatic N) is 2. The minimum Gasteiger partial charge on any atom is -0.310 e. The van der Waals surface area contributed by atoms with E-state index in [-0.39, 0.29) is 36.5 Å². The molecule has 2 aliphatic rings. The SMILES string of the molecule is Cc1c(CC2CC(F)(F)C2)nn(C2CCC2)c1NC(=O)[C@@H](C)C(C)C. The summed E-state index contributed by atoms with van der Waals surface area (Å²) in [5.41, 5.74) is 1.80. The number of carbonyl (C=O) groups is 1. The third-order valence-electron chi connectivity index (χ3n) is 5.98. The van der Waals surface area contributed by atoms with Crippen molar-refractivity contribution in [1.29, 1.82) is 0 Å². The Kier molecular flexibility index (Phi) is 4.91. The van der Waals surface area contributed by atoms with Crippen LogP contribution < -0.4 is 5.32 Å². The van der Waals surface area contributed by atoms with Gasteiger partial charge in [0.2, 0.25) is 11.8 Å². The van der Waals surface area contributed by atoms with Gasteiger partial charge in [0.1, 0.15) is 5.82 Å². The standard InChI is InChI=1S/C19H29F2N3O/c1-11(2)12(3)18(25)22-17-13(4)16(8-14-9-19(20,21)10-14)23-24(17)15-6-5-7-15/h11-12,14-15H,5-10H2,1-4H3,(H,22,25)/t12-/m0/s1. The zero-order valence-corrected chi connectivity index (χ0v) is 15.6. The van der Waals surface area contributed by atoms with Crippen molar-refractivity contribution >= 4 is 11.7 Å². The highest BCUT2D eigenvalue weighted by Crippen LogP contribution is 2.45. The number of amides is 1. The Hall–Kier alpha value is -1.46. The summed E-state index contributed by atoms with van der Waals surface area (Å²) >= 11 is 0. The number of hydrogen-bond donors (Lipinski definition) is 1. The zero-order valence-electron chi connectivity index (χ0n) is 15.6. The lowest BCUT2D eigenvalue weighted by Gasteiger charge is -2.34. The molecule has 0 saturated heterocycles. The monoisotopic (exact) mass is 353 g/mol. The molecule has 1 aromatic rings. The number of alkyl halides is 2. The first kappa shape index (κ1) is 18.3. The lowest BCUT2D eigenvalue weighted by Crippen LogP contribution is -2.36. The fraction of sp³-hybridized carbons (Fsp3) is 0.789. The Bertz CT molecular complexity index is 641. The van der Waals surface area contributed by atoms with Gasteiger partial charge in [-0.05, 0) is 44.4 Å². The molecular formula is C19H29F2N3O. The van der Waals surface area contributed by atoms with Crippen molar-refractivity contribution in [2.24, 2.45) is 17.8 Å². The van der Waals surface area contributed by atoms with Gasteiger partial charge in [-0.1, -0.05) is 20.8 Å². The van der Waals surface area contributed by atoms with Crippen LogP contribution in [0.5, 0.6) is 0 Å². The maximum Gasteiger partial charge on any atom is 0.248 e. The van der Waals surface area contributed by atoms with E-state index in [1.807, 2.05) is 32.4 Å². The van der Waals surface area contributed by atoms with Gasteiger partial charge in [-0.2, -0.15) is 5.10 Å². The Morgan fingerprint density at radius 2 is 1.96 bits per heavy atom. The predicted octanol–water partition coefficient (Wildman–Crippen LogP) is 4.73. The van der Waals surface area contributed by atoms with E-state index in [0.29, 0.717) is 12.5 Å². The molecule has 1 heterocycles. The minimum absolute atomic E-state index is 0.000279. The van der Waals surface area contributed by atoms with Gasteiger partial charge in [-0.3, -0.25) is 4.79 Å². The maximum atomic E-state index is 13.1. The summed E-state index contributed by atoms with van der Waals surface area (Å²) in [6.07, 6.45) is 3.77. The van der Waals surface area contributed by atoms with E-state index >= 15 is 0 Å². The van der Waals surface area contributed by atoms with E-state index in [1.54, 1.807) is 0 Å². The lowest BCUT2D eigenvalue weighted by molar-refractivity contribution is -0.120. The Balaban J connectivity index is 1.79. The van der Waals surface area contributed by atoms with Gasteiger partial charge < -0.3 is 5.32 Å². The predicted molar refractivity (Wildman–Crippen MR) is 93.9 cm³/mol. The van der Waals surface area contributed by atoms with Gasteiger partial charge in [0.15, 0.2) is 0 Å². The molecule has 6 heteroatoms. The van der Waals surface area contributed by atoms with Crippen molar-refractivity contribution < 1.29 is 13.6 Å². The smallest absolute Gasteiger partial charge is 0.248 e. The first-order chi connectivity index (χ1) is 11.7. The van der Waals surface area contributed by atoms with Crippen LogP contribution in [0.25, 0.3) is 0 Å². The number of aromatic nitrogens is 2. The average molecular weight is 353 g/mol. The normalized spacial score (nSPS) is 21.7. The van der Waals surface area contributed by atoms with Crippen molar-refractivity contribution in [3.05, 3.63) is 11.3 Å². The van der Waals surface area contributed by atoms with Gasteiger partial charge in [-0.25, -0.2) is 13.5 Å². The molecular weight excluding hydrogens is 324 g/mol. The fourth-order valence-corrected chi connectivity index (χ4v) is 3.54. The highest BCUT2D eigenvalue weighted by molar-refractivity contribution is 5.92. The average Bonchev–Trinajstić information content (AvgIpc) is 2.72. The highest BCUT2D eigenvalue weighted by Gasteiger charge is 2.45. The van der Waals surface area contributed by atoms with Crippen molar-refractivity contribution in [1.82, 2.24) is 9.78 Å². The van der Waals surface area contributed by atoms with Crippen LogP contribution in [0.3, 0.4) is 0 Å². The van der Waals surface area contributed by atoms with E-state index < -0.39 is 5.92 Å². The molecule has 0 unspecified atom stereocenters. The summed E-state index contributed by atoms with van der Waals surface area (Å²) in [6, 6.07) is 0.319. The van der Waals surface area contributed by atoms with Crippen LogP contribution in [0.1, 0.15) is 70.2 Å². The second-order valence-corrected chi connectivity index (χ2v) is 8.31. The second-order valence-electron chi connectivity index (χ2n) is 8.31. The maximum absolute atomic E-state index is 13.1. The Labute approximate surface area is 148 Å². The molecule has 1 aromatic heterocycles. The number of carbonyl (C=O) groups excluding carboxylic acids is 1. The summed E-state index contributed by atoms with van der Waals surface area (Å²) in [7, 11) is 0. The summed E-state index contributed by atoms with van der Waals surface area (Å²) < 4.78 is 28.2. The van der Waals surface area contributed by atoms with Gasteiger partial charge in [0.25, 0.3) is 0 Å². The second kappa shape index (κ2) is 6.69. The van der Waals surface area contributed by atoms with Gasteiger partial charge >= 0.3 is 0 Å². The summed E-state index contributed by atoms with van der Waals surface area (Å²) in [6.45, 7) is 7.94. The molecule has 4 nitrogen and oxygen atoms in total. The molecule has 2 aliphatic carbocycles. The molecule has 3 rings (SSSR count). The quantitative estimate of drug-likeness (QED) is 0.803. The van der Waals surface area contributed by atoms with Crippen LogP contribution in [-0.2, 0) is 11.2 Å². The van der Waals surface area contributed by atoms with E-state index in [2.05, 4.69) is 5.32 Å². The summed E-state index contributed by atoms with van der Waals surface area (Å²) in [5.74, 6) is -1.56. The van der Waals surface area contributed by atoms with Crippen molar-refractivity contribution in [3.63, 3.8) is 0 Å².